The third kappa shape index (κ3) is 8.04. The van der Waals surface area contributed by atoms with Crippen LogP contribution in [0.2, 0.25) is 0 Å². The Labute approximate surface area is 275 Å². The van der Waals surface area contributed by atoms with Crippen LogP contribution in [0, 0.1) is 12.8 Å². The molecule has 3 unspecified atom stereocenters. The molecule has 0 saturated carbocycles. The van der Waals surface area contributed by atoms with E-state index in [0.29, 0.717) is 30.7 Å². The minimum Gasteiger partial charge on any atom is -0.491 e. The minimum absolute atomic E-state index is 0.0417. The lowest BCUT2D eigenvalue weighted by molar-refractivity contribution is -0.134. The van der Waals surface area contributed by atoms with Crippen molar-refractivity contribution < 1.29 is 26.7 Å². The number of alkyl halides is 3. The maximum atomic E-state index is 13.4. The number of hydrogen-bond acceptors (Lipinski definition) is 9. The molecule has 3 fully saturated rings. The Morgan fingerprint density at radius 1 is 1.09 bits per heavy atom. The number of hydrogen-bond donors (Lipinski definition) is 5. The fourth-order valence-electron chi connectivity index (χ4n) is 6.33. The smallest absolute Gasteiger partial charge is 0.341 e. The van der Waals surface area contributed by atoms with Crippen molar-refractivity contribution in [1.29, 1.82) is 0 Å². The molecule has 5 N–H and O–H groups in total. The van der Waals surface area contributed by atoms with Crippen molar-refractivity contribution in [3.05, 3.63) is 47.5 Å². The first-order chi connectivity index (χ1) is 21.9. The quantitative estimate of drug-likeness (QED) is 0.219. The monoisotopic (exact) mass is 682 g/mol. The van der Waals surface area contributed by atoms with Crippen LogP contribution < -0.4 is 31.3 Å². The second-order valence-corrected chi connectivity index (χ2v) is 15.2. The van der Waals surface area contributed by atoms with E-state index >= 15 is 0 Å². The standard InChI is InChI=1S/C32H45ClF2N6O4S/c1-19(2)18-45-27-16-22(21-10-13-41(14-11-21)30(42)25-8-6-12-36-25)20(3)15-26(27)39-32-37-17-23(33)29(40-32)38-24-7-4-5-9-28(24)46(43,44)31(34)35/h4-5,7,9,15-16,19,21,23,25,29,31-32,36-40H,6,8,10-14,17-18H2,1-3H3/t23?,25-,29?,32?/m0/s1. The number of sulfone groups is 1. The molecular formula is C32H45ClF2N6O4S. The second-order valence-electron chi connectivity index (χ2n) is 12.8. The van der Waals surface area contributed by atoms with E-state index in [0.717, 1.165) is 62.6 Å². The van der Waals surface area contributed by atoms with Gasteiger partial charge in [-0.15, -0.1) is 11.6 Å². The van der Waals surface area contributed by atoms with Crippen LogP contribution in [0.3, 0.4) is 0 Å². The van der Waals surface area contributed by atoms with Gasteiger partial charge in [0.15, 0.2) is 0 Å². The normalized spacial score (nSPS) is 24.4. The lowest BCUT2D eigenvalue weighted by Gasteiger charge is -2.38. The van der Waals surface area contributed by atoms with Gasteiger partial charge in [0, 0.05) is 19.6 Å². The number of carbonyl (C=O) groups excluding carboxylic acids is 1. The van der Waals surface area contributed by atoms with Crippen LogP contribution in [0.5, 0.6) is 5.75 Å². The van der Waals surface area contributed by atoms with Crippen LogP contribution >= 0.6 is 11.6 Å². The predicted octanol–water partition coefficient (Wildman–Crippen LogP) is 4.42. The summed E-state index contributed by atoms with van der Waals surface area (Å²) in [5.74, 6) is -2.02. The molecule has 10 nitrogen and oxygen atoms in total. The van der Waals surface area contributed by atoms with Gasteiger partial charge < -0.3 is 25.6 Å². The minimum atomic E-state index is -4.82. The van der Waals surface area contributed by atoms with Gasteiger partial charge >= 0.3 is 5.76 Å². The number of amides is 1. The maximum absolute atomic E-state index is 13.4. The molecule has 0 aromatic heterocycles. The Bertz CT molecular complexity index is 1470. The summed E-state index contributed by atoms with van der Waals surface area (Å²) in [5.41, 5.74) is 3.12. The predicted molar refractivity (Wildman–Crippen MR) is 176 cm³/mol. The molecule has 254 valence electrons. The third-order valence-electron chi connectivity index (χ3n) is 8.81. The molecule has 3 aliphatic heterocycles. The van der Waals surface area contributed by atoms with E-state index in [2.05, 4.69) is 59.5 Å². The Kier molecular flexibility index (Phi) is 11.3. The molecule has 3 heterocycles. The number of rotatable bonds is 11. The average Bonchev–Trinajstić information content (AvgIpc) is 3.57. The van der Waals surface area contributed by atoms with Crippen LogP contribution in [0.1, 0.15) is 56.6 Å². The first kappa shape index (κ1) is 34.6. The number of anilines is 2. The SMILES string of the molecule is Cc1cc(NC2NCC(Cl)C(Nc3ccccc3S(=O)(=O)C(F)F)N2)c(OCC(C)C)cc1C1CCN(C(=O)[C@@H]2CCCN2)CC1. The number of ether oxygens (including phenoxy) is 1. The number of halogens is 3. The van der Waals surface area contributed by atoms with Crippen LogP contribution in [0.4, 0.5) is 20.2 Å². The average molecular weight is 683 g/mol. The van der Waals surface area contributed by atoms with Crippen LogP contribution in [-0.2, 0) is 14.6 Å². The van der Waals surface area contributed by atoms with Gasteiger partial charge in [0.25, 0.3) is 0 Å². The number of para-hydroxylation sites is 1. The first-order valence-corrected chi connectivity index (χ1v) is 18.0. The molecule has 0 spiro atoms. The lowest BCUT2D eigenvalue weighted by atomic mass is 9.86. The zero-order valence-corrected chi connectivity index (χ0v) is 28.1. The number of benzene rings is 2. The van der Waals surface area contributed by atoms with Gasteiger partial charge in [-0.05, 0) is 86.4 Å². The van der Waals surface area contributed by atoms with E-state index in [1.54, 1.807) is 6.07 Å². The third-order valence-corrected chi connectivity index (χ3v) is 10.7. The van der Waals surface area contributed by atoms with Crippen LogP contribution in [-0.4, -0.2) is 81.6 Å². The van der Waals surface area contributed by atoms with Crippen molar-refractivity contribution in [3.8, 4) is 5.75 Å². The van der Waals surface area contributed by atoms with E-state index in [1.807, 2.05) is 4.90 Å². The van der Waals surface area contributed by atoms with Crippen molar-refractivity contribution in [2.24, 2.45) is 5.92 Å². The first-order valence-electron chi connectivity index (χ1n) is 16.0. The van der Waals surface area contributed by atoms with Crippen molar-refractivity contribution in [2.75, 3.05) is 43.4 Å². The molecule has 0 radical (unpaired) electrons. The zero-order chi connectivity index (χ0) is 33.0. The van der Waals surface area contributed by atoms with Gasteiger partial charge in [0.1, 0.15) is 12.0 Å². The van der Waals surface area contributed by atoms with Crippen LogP contribution in [0.25, 0.3) is 0 Å². The van der Waals surface area contributed by atoms with E-state index in [-0.39, 0.29) is 17.6 Å². The van der Waals surface area contributed by atoms with Gasteiger partial charge in [-0.2, -0.15) is 8.78 Å². The van der Waals surface area contributed by atoms with Gasteiger partial charge in [0.2, 0.25) is 15.7 Å². The van der Waals surface area contributed by atoms with Crippen molar-refractivity contribution in [3.63, 3.8) is 0 Å². The summed E-state index contributed by atoms with van der Waals surface area (Å²) in [5, 5.41) is 15.9. The molecule has 1 amide bonds. The molecule has 4 atom stereocenters. The summed E-state index contributed by atoms with van der Waals surface area (Å²) >= 11 is 6.58. The summed E-state index contributed by atoms with van der Waals surface area (Å²) < 4.78 is 57.6. The molecule has 46 heavy (non-hydrogen) atoms. The summed E-state index contributed by atoms with van der Waals surface area (Å²) in [6.45, 7) is 9.48. The number of nitrogens with zero attached hydrogens (tertiary/aromatic N) is 1. The molecule has 3 aliphatic rings. The van der Waals surface area contributed by atoms with Crippen LogP contribution in [0.15, 0.2) is 41.3 Å². The Morgan fingerprint density at radius 2 is 1.83 bits per heavy atom. The Hall–Kier alpha value is -2.71. The number of nitrogens with one attached hydrogen (secondary N) is 5. The second kappa shape index (κ2) is 15.0. The number of aryl methyl sites for hydroxylation is 1. The molecular weight excluding hydrogens is 638 g/mol. The highest BCUT2D eigenvalue weighted by atomic mass is 35.5. The molecule has 0 aliphatic carbocycles. The Balaban J connectivity index is 1.30. The molecule has 3 saturated heterocycles. The summed E-state index contributed by atoms with van der Waals surface area (Å²) in [6, 6.07) is 9.69. The summed E-state index contributed by atoms with van der Waals surface area (Å²) in [6.07, 6.45) is 2.56. The molecule has 2 aromatic carbocycles. The highest BCUT2D eigenvalue weighted by Crippen LogP contribution is 2.37. The van der Waals surface area contributed by atoms with E-state index in [4.69, 9.17) is 16.3 Å². The lowest BCUT2D eigenvalue weighted by Crippen LogP contribution is -2.64. The topological polar surface area (TPSA) is 124 Å². The molecule has 2 aromatic rings. The number of likely N-dealkylation sites (tertiary alicyclic amines) is 1. The van der Waals surface area contributed by atoms with E-state index < -0.39 is 38.3 Å². The number of carbonyl (C=O) groups is 1. The van der Waals surface area contributed by atoms with Crippen molar-refractivity contribution in [2.45, 2.75) is 86.9 Å². The van der Waals surface area contributed by atoms with Gasteiger partial charge in [-0.3, -0.25) is 15.4 Å². The Morgan fingerprint density at radius 3 is 2.50 bits per heavy atom. The summed E-state index contributed by atoms with van der Waals surface area (Å²) in [4.78, 5) is 14.4. The molecule has 0 bridgehead atoms. The van der Waals surface area contributed by atoms with Crippen molar-refractivity contribution in [1.82, 2.24) is 20.9 Å². The zero-order valence-electron chi connectivity index (χ0n) is 26.5. The molecule has 14 heteroatoms. The molecule has 5 rings (SSSR count). The highest BCUT2D eigenvalue weighted by molar-refractivity contribution is 7.91. The summed E-state index contributed by atoms with van der Waals surface area (Å²) in [7, 11) is -4.82. The fourth-order valence-corrected chi connectivity index (χ4v) is 7.45. The van der Waals surface area contributed by atoms with Gasteiger partial charge in [-0.25, -0.2) is 8.42 Å². The van der Waals surface area contributed by atoms with E-state index in [9.17, 15) is 22.0 Å². The van der Waals surface area contributed by atoms with Gasteiger partial charge in [0.05, 0.1) is 40.5 Å². The largest absolute Gasteiger partial charge is 0.491 e. The van der Waals surface area contributed by atoms with Gasteiger partial charge in [-0.1, -0.05) is 26.0 Å². The van der Waals surface area contributed by atoms with E-state index in [1.165, 1.54) is 17.7 Å². The number of piperidine rings is 1. The maximum Gasteiger partial charge on any atom is 0.341 e. The highest BCUT2D eigenvalue weighted by Gasteiger charge is 2.34. The fraction of sp³-hybridized carbons (Fsp3) is 0.594. The van der Waals surface area contributed by atoms with Crippen molar-refractivity contribution >= 4 is 38.7 Å².